The van der Waals surface area contributed by atoms with Gasteiger partial charge in [-0.3, -0.25) is 4.79 Å². The zero-order valence-electron chi connectivity index (χ0n) is 15.6. The van der Waals surface area contributed by atoms with E-state index in [1.54, 1.807) is 0 Å². The summed E-state index contributed by atoms with van der Waals surface area (Å²) in [6.45, 7) is 5.20. The van der Waals surface area contributed by atoms with Crippen molar-refractivity contribution in [2.24, 2.45) is 5.92 Å². The third kappa shape index (κ3) is 4.36. The van der Waals surface area contributed by atoms with Crippen LogP contribution < -0.4 is 15.5 Å². The van der Waals surface area contributed by atoms with Gasteiger partial charge in [-0.05, 0) is 50.5 Å². The largest absolute Gasteiger partial charge is 0.381 e. The molecule has 7 heteroatoms. The molecule has 1 atom stereocenters. The van der Waals surface area contributed by atoms with Crippen LogP contribution in [0.2, 0.25) is 0 Å². The Labute approximate surface area is 159 Å². The Bertz CT molecular complexity index is 797. The van der Waals surface area contributed by atoms with Gasteiger partial charge >= 0.3 is 0 Å². The first-order chi connectivity index (χ1) is 13.2. The van der Waals surface area contributed by atoms with E-state index in [-0.39, 0.29) is 11.8 Å². The lowest BCUT2D eigenvalue weighted by Crippen LogP contribution is -2.22. The molecule has 142 valence electrons. The zero-order chi connectivity index (χ0) is 18.6. The Morgan fingerprint density at radius 1 is 1.15 bits per heavy atom. The maximum atomic E-state index is 12.2. The first-order valence-electron chi connectivity index (χ1n) is 9.54. The molecule has 0 saturated carbocycles. The molecular formula is C20H25N5O2. The smallest absolute Gasteiger partial charge is 0.229 e. The van der Waals surface area contributed by atoms with Crippen molar-refractivity contribution in [1.29, 1.82) is 0 Å². The summed E-state index contributed by atoms with van der Waals surface area (Å²) in [6.07, 6.45) is 3.18. The van der Waals surface area contributed by atoms with Gasteiger partial charge in [-0.25, -0.2) is 4.98 Å². The number of nitrogens with one attached hydrogen (secondary N) is 2. The molecule has 1 aromatic heterocycles. The summed E-state index contributed by atoms with van der Waals surface area (Å²) in [5, 5.41) is 6.29. The van der Waals surface area contributed by atoms with Gasteiger partial charge in [0, 0.05) is 42.8 Å². The molecule has 7 nitrogen and oxygen atoms in total. The van der Waals surface area contributed by atoms with E-state index in [4.69, 9.17) is 4.74 Å². The highest BCUT2D eigenvalue weighted by atomic mass is 16.5. The molecule has 2 saturated heterocycles. The van der Waals surface area contributed by atoms with Crippen molar-refractivity contribution in [3.63, 3.8) is 0 Å². The van der Waals surface area contributed by atoms with Gasteiger partial charge in [0.1, 0.15) is 5.82 Å². The molecule has 0 radical (unpaired) electrons. The summed E-state index contributed by atoms with van der Waals surface area (Å²) in [4.78, 5) is 23.6. The molecule has 1 aromatic carbocycles. The number of rotatable bonds is 5. The molecular weight excluding hydrogens is 342 g/mol. The van der Waals surface area contributed by atoms with Crippen molar-refractivity contribution in [1.82, 2.24) is 9.97 Å². The number of aromatic nitrogens is 2. The van der Waals surface area contributed by atoms with Crippen LogP contribution in [-0.2, 0) is 9.53 Å². The summed E-state index contributed by atoms with van der Waals surface area (Å²) < 4.78 is 5.27. The summed E-state index contributed by atoms with van der Waals surface area (Å²) in [5.74, 6) is 1.55. The van der Waals surface area contributed by atoms with Crippen LogP contribution in [-0.4, -0.2) is 42.2 Å². The Morgan fingerprint density at radius 3 is 2.59 bits per heavy atom. The highest BCUT2D eigenvalue weighted by Crippen LogP contribution is 2.23. The predicted molar refractivity (Wildman–Crippen MR) is 105 cm³/mol. The summed E-state index contributed by atoms with van der Waals surface area (Å²) >= 11 is 0. The molecule has 1 amide bonds. The standard InChI is InChI=1S/C20H25N5O2/c1-14-12-18(24-20(21-14)25-9-2-3-10-25)22-16-4-6-17(7-5-16)23-19(26)15-8-11-27-13-15/h4-7,12,15H,2-3,8-11,13H2,1H3,(H,23,26)(H,21,22,24). The Balaban J connectivity index is 1.41. The molecule has 1 unspecified atom stereocenters. The van der Waals surface area contributed by atoms with Crippen LogP contribution >= 0.6 is 0 Å². The number of amides is 1. The number of carbonyl (C=O) groups is 1. The van der Waals surface area contributed by atoms with E-state index in [2.05, 4.69) is 25.5 Å². The topological polar surface area (TPSA) is 79.4 Å². The Kier molecular flexibility index (Phi) is 5.20. The molecule has 2 N–H and O–H groups in total. The SMILES string of the molecule is Cc1cc(Nc2ccc(NC(=O)C3CCOC3)cc2)nc(N2CCCC2)n1. The fourth-order valence-electron chi connectivity index (χ4n) is 3.45. The summed E-state index contributed by atoms with van der Waals surface area (Å²) in [6, 6.07) is 9.60. The van der Waals surface area contributed by atoms with Gasteiger partial charge in [-0.15, -0.1) is 0 Å². The number of anilines is 4. The fraction of sp³-hybridized carbons (Fsp3) is 0.450. The maximum absolute atomic E-state index is 12.2. The van der Waals surface area contributed by atoms with Crippen LogP contribution in [0.25, 0.3) is 0 Å². The molecule has 2 aromatic rings. The molecule has 2 fully saturated rings. The zero-order valence-corrected chi connectivity index (χ0v) is 15.6. The average molecular weight is 367 g/mol. The minimum atomic E-state index is -0.0456. The third-order valence-corrected chi connectivity index (χ3v) is 4.96. The highest BCUT2D eigenvalue weighted by molar-refractivity contribution is 5.93. The van der Waals surface area contributed by atoms with E-state index in [1.165, 1.54) is 12.8 Å². The first kappa shape index (κ1) is 17.7. The minimum Gasteiger partial charge on any atom is -0.381 e. The van der Waals surface area contributed by atoms with Crippen molar-refractivity contribution in [2.45, 2.75) is 26.2 Å². The Hall–Kier alpha value is -2.67. The lowest BCUT2D eigenvalue weighted by atomic mass is 10.1. The summed E-state index contributed by atoms with van der Waals surface area (Å²) in [7, 11) is 0. The number of aryl methyl sites for hydroxylation is 1. The third-order valence-electron chi connectivity index (χ3n) is 4.96. The molecule has 0 bridgehead atoms. The molecule has 0 spiro atoms. The van der Waals surface area contributed by atoms with Crippen LogP contribution in [0.5, 0.6) is 0 Å². The van der Waals surface area contributed by atoms with Gasteiger partial charge in [-0.2, -0.15) is 4.98 Å². The van der Waals surface area contributed by atoms with Crippen molar-refractivity contribution < 1.29 is 9.53 Å². The minimum absolute atomic E-state index is 0.0230. The van der Waals surface area contributed by atoms with E-state index in [9.17, 15) is 4.79 Å². The number of ether oxygens (including phenoxy) is 1. The number of hydrogen-bond donors (Lipinski definition) is 2. The van der Waals surface area contributed by atoms with Crippen molar-refractivity contribution in [2.75, 3.05) is 41.8 Å². The quantitative estimate of drug-likeness (QED) is 0.845. The van der Waals surface area contributed by atoms with Gasteiger partial charge in [0.05, 0.1) is 12.5 Å². The van der Waals surface area contributed by atoms with Crippen LogP contribution in [0.4, 0.5) is 23.1 Å². The van der Waals surface area contributed by atoms with Crippen LogP contribution in [0.3, 0.4) is 0 Å². The predicted octanol–water partition coefficient (Wildman–Crippen LogP) is 3.10. The number of carbonyl (C=O) groups excluding carboxylic acids is 1. The monoisotopic (exact) mass is 367 g/mol. The van der Waals surface area contributed by atoms with Gasteiger partial charge in [0.2, 0.25) is 11.9 Å². The number of nitrogens with zero attached hydrogens (tertiary/aromatic N) is 3. The van der Waals surface area contributed by atoms with Crippen LogP contribution in [0, 0.1) is 12.8 Å². The maximum Gasteiger partial charge on any atom is 0.229 e. The van der Waals surface area contributed by atoms with Crippen molar-refractivity contribution in [3.05, 3.63) is 36.0 Å². The van der Waals surface area contributed by atoms with E-state index < -0.39 is 0 Å². The van der Waals surface area contributed by atoms with E-state index in [0.29, 0.717) is 13.2 Å². The second-order valence-corrected chi connectivity index (χ2v) is 7.14. The van der Waals surface area contributed by atoms with Gasteiger partial charge in [0.15, 0.2) is 0 Å². The number of hydrogen-bond acceptors (Lipinski definition) is 6. The van der Waals surface area contributed by atoms with E-state index in [1.807, 2.05) is 37.3 Å². The first-order valence-corrected chi connectivity index (χ1v) is 9.54. The molecule has 27 heavy (non-hydrogen) atoms. The second-order valence-electron chi connectivity index (χ2n) is 7.14. The highest BCUT2D eigenvalue weighted by Gasteiger charge is 2.23. The summed E-state index contributed by atoms with van der Waals surface area (Å²) in [5.41, 5.74) is 2.65. The molecule has 3 heterocycles. The van der Waals surface area contributed by atoms with Gasteiger partial charge in [-0.1, -0.05) is 0 Å². The normalized spacial score (nSPS) is 19.3. The molecule has 2 aliphatic heterocycles. The Morgan fingerprint density at radius 2 is 1.89 bits per heavy atom. The van der Waals surface area contributed by atoms with Crippen molar-refractivity contribution >= 4 is 29.0 Å². The van der Waals surface area contributed by atoms with E-state index in [0.717, 1.165) is 48.3 Å². The molecule has 2 aliphatic rings. The van der Waals surface area contributed by atoms with Gasteiger partial charge in [0.25, 0.3) is 0 Å². The van der Waals surface area contributed by atoms with Crippen LogP contribution in [0.15, 0.2) is 30.3 Å². The molecule has 0 aliphatic carbocycles. The average Bonchev–Trinajstić information content (AvgIpc) is 3.37. The fourth-order valence-corrected chi connectivity index (χ4v) is 3.45. The lowest BCUT2D eigenvalue weighted by Gasteiger charge is -2.17. The van der Waals surface area contributed by atoms with Crippen LogP contribution in [0.1, 0.15) is 25.0 Å². The number of benzene rings is 1. The second kappa shape index (κ2) is 7.92. The lowest BCUT2D eigenvalue weighted by molar-refractivity contribution is -0.119. The van der Waals surface area contributed by atoms with Gasteiger partial charge < -0.3 is 20.3 Å². The van der Waals surface area contributed by atoms with Crippen molar-refractivity contribution in [3.8, 4) is 0 Å². The molecule has 4 rings (SSSR count). The van der Waals surface area contributed by atoms with E-state index >= 15 is 0 Å².